The minimum atomic E-state index is -0.938. The Labute approximate surface area is 123 Å². The predicted octanol–water partition coefficient (Wildman–Crippen LogP) is 1.35. The van der Waals surface area contributed by atoms with E-state index in [0.717, 1.165) is 11.3 Å². The fraction of sp³-hybridized carbons (Fsp3) is 0.467. The number of aromatic carboxylic acids is 1. The van der Waals surface area contributed by atoms with Gasteiger partial charge >= 0.3 is 5.97 Å². The summed E-state index contributed by atoms with van der Waals surface area (Å²) < 4.78 is 5.21. The van der Waals surface area contributed by atoms with Crippen molar-refractivity contribution in [2.45, 2.75) is 13.3 Å². The highest BCUT2D eigenvalue weighted by atomic mass is 16.5. The molecule has 1 aromatic carbocycles. The molecule has 114 valence electrons. The smallest absolute Gasteiger partial charge is 0.335 e. The largest absolute Gasteiger partial charge is 0.478 e. The average Bonchev–Trinajstić information content (AvgIpc) is 2.49. The molecule has 1 heterocycles. The topological polar surface area (TPSA) is 78.9 Å². The summed E-state index contributed by atoms with van der Waals surface area (Å²) in [5.41, 5.74) is 1.98. The number of amides is 1. The summed E-state index contributed by atoms with van der Waals surface area (Å²) >= 11 is 0. The molecule has 0 atom stereocenters. The van der Waals surface area contributed by atoms with Gasteiger partial charge in [-0.1, -0.05) is 0 Å². The van der Waals surface area contributed by atoms with Gasteiger partial charge in [-0.25, -0.2) is 4.79 Å². The molecule has 0 aromatic heterocycles. The molecule has 0 spiro atoms. The Balaban J connectivity index is 1.83. The fourth-order valence-corrected chi connectivity index (χ4v) is 2.27. The summed E-state index contributed by atoms with van der Waals surface area (Å²) in [6.07, 6.45) is 0.417. The maximum atomic E-state index is 12.0. The van der Waals surface area contributed by atoms with E-state index < -0.39 is 5.97 Å². The molecule has 21 heavy (non-hydrogen) atoms. The van der Waals surface area contributed by atoms with Crippen LogP contribution in [0.1, 0.15) is 22.3 Å². The van der Waals surface area contributed by atoms with Crippen LogP contribution >= 0.6 is 0 Å². The third-order valence-corrected chi connectivity index (χ3v) is 3.49. The van der Waals surface area contributed by atoms with Crippen molar-refractivity contribution in [3.63, 3.8) is 0 Å². The molecule has 6 nitrogen and oxygen atoms in total. The third-order valence-electron chi connectivity index (χ3n) is 3.49. The van der Waals surface area contributed by atoms with E-state index in [9.17, 15) is 9.59 Å². The van der Waals surface area contributed by atoms with Crippen molar-refractivity contribution < 1.29 is 19.4 Å². The van der Waals surface area contributed by atoms with Gasteiger partial charge in [0.15, 0.2) is 0 Å². The van der Waals surface area contributed by atoms with Crippen LogP contribution in [0, 0.1) is 6.92 Å². The number of carboxylic acids is 1. The molecule has 0 bridgehead atoms. The van der Waals surface area contributed by atoms with Gasteiger partial charge in [-0.2, -0.15) is 0 Å². The number of ether oxygens (including phenoxy) is 1. The molecule has 0 saturated carbocycles. The lowest BCUT2D eigenvalue weighted by molar-refractivity contribution is -0.134. The Morgan fingerprint density at radius 3 is 2.67 bits per heavy atom. The Bertz CT molecular complexity index is 524. The quantitative estimate of drug-likeness (QED) is 0.856. The van der Waals surface area contributed by atoms with Gasteiger partial charge in [0.2, 0.25) is 5.91 Å². The molecule has 2 N–H and O–H groups in total. The highest BCUT2D eigenvalue weighted by Gasteiger charge is 2.16. The number of carbonyl (C=O) groups is 2. The van der Waals surface area contributed by atoms with E-state index in [1.165, 1.54) is 0 Å². The van der Waals surface area contributed by atoms with E-state index in [1.807, 2.05) is 11.8 Å². The number of nitrogens with zero attached hydrogens (tertiary/aromatic N) is 1. The molecule has 0 unspecified atom stereocenters. The van der Waals surface area contributed by atoms with Crippen molar-refractivity contribution in [2.75, 3.05) is 38.2 Å². The second kappa shape index (κ2) is 7.08. The lowest BCUT2D eigenvalue weighted by Crippen LogP contribution is -2.41. The summed E-state index contributed by atoms with van der Waals surface area (Å²) in [6.45, 7) is 4.90. The maximum Gasteiger partial charge on any atom is 0.335 e. The van der Waals surface area contributed by atoms with Crippen molar-refractivity contribution in [1.29, 1.82) is 0 Å². The summed E-state index contributed by atoms with van der Waals surface area (Å²) in [6, 6.07) is 4.91. The Morgan fingerprint density at radius 1 is 1.33 bits per heavy atom. The van der Waals surface area contributed by atoms with Crippen molar-refractivity contribution in [3.05, 3.63) is 29.3 Å². The summed E-state index contributed by atoms with van der Waals surface area (Å²) in [5.74, 6) is -0.822. The molecular weight excluding hydrogens is 272 g/mol. The molecule has 6 heteroatoms. The summed E-state index contributed by atoms with van der Waals surface area (Å²) in [5, 5.41) is 12.1. The van der Waals surface area contributed by atoms with Gasteiger partial charge < -0.3 is 20.1 Å². The first-order valence-corrected chi connectivity index (χ1v) is 7.01. The third kappa shape index (κ3) is 4.19. The molecule has 1 aromatic rings. The van der Waals surface area contributed by atoms with Crippen molar-refractivity contribution in [1.82, 2.24) is 4.90 Å². The number of nitrogens with one attached hydrogen (secondary N) is 1. The zero-order chi connectivity index (χ0) is 15.2. The van der Waals surface area contributed by atoms with Crippen molar-refractivity contribution in [3.8, 4) is 0 Å². The molecule has 1 amide bonds. The van der Waals surface area contributed by atoms with Crippen LogP contribution in [0.15, 0.2) is 18.2 Å². The van der Waals surface area contributed by atoms with Gasteiger partial charge in [0.25, 0.3) is 0 Å². The second-order valence-electron chi connectivity index (χ2n) is 5.00. The minimum absolute atomic E-state index is 0.116. The number of carbonyl (C=O) groups excluding carboxylic acids is 1. The van der Waals surface area contributed by atoms with Crippen molar-refractivity contribution >= 4 is 17.6 Å². The Hall–Kier alpha value is -2.08. The van der Waals surface area contributed by atoms with Crippen LogP contribution in [-0.4, -0.2) is 54.7 Å². The number of anilines is 1. The molecule has 0 aliphatic carbocycles. The van der Waals surface area contributed by atoms with Crippen molar-refractivity contribution in [2.24, 2.45) is 0 Å². The standard InChI is InChI=1S/C15H20N2O4/c1-11-10-12(15(19)20)2-3-13(11)16-5-4-14(18)17-6-8-21-9-7-17/h2-3,10,16H,4-9H2,1H3,(H,19,20). The minimum Gasteiger partial charge on any atom is -0.478 e. The molecule has 1 fully saturated rings. The van der Waals surface area contributed by atoms with Crippen LogP contribution in [0.4, 0.5) is 5.69 Å². The number of carboxylic acid groups (broad SMARTS) is 1. The molecule has 0 radical (unpaired) electrons. The second-order valence-corrected chi connectivity index (χ2v) is 5.00. The number of hydrogen-bond donors (Lipinski definition) is 2. The molecule has 1 saturated heterocycles. The van der Waals surface area contributed by atoms with Gasteiger partial charge in [0.1, 0.15) is 0 Å². The van der Waals surface area contributed by atoms with E-state index in [4.69, 9.17) is 9.84 Å². The Morgan fingerprint density at radius 2 is 2.05 bits per heavy atom. The molecule has 1 aliphatic rings. The highest BCUT2D eigenvalue weighted by Crippen LogP contribution is 2.16. The first kappa shape index (κ1) is 15.3. The van der Waals surface area contributed by atoms with E-state index >= 15 is 0 Å². The predicted molar refractivity (Wildman–Crippen MR) is 78.6 cm³/mol. The van der Waals surface area contributed by atoms with E-state index in [0.29, 0.717) is 39.3 Å². The van der Waals surface area contributed by atoms with Gasteiger partial charge in [0.05, 0.1) is 18.8 Å². The van der Waals surface area contributed by atoms with E-state index in [1.54, 1.807) is 18.2 Å². The molecule has 1 aliphatic heterocycles. The lowest BCUT2D eigenvalue weighted by atomic mass is 10.1. The summed E-state index contributed by atoms with van der Waals surface area (Å²) in [4.78, 5) is 24.6. The number of benzene rings is 1. The van der Waals surface area contributed by atoms with Crippen LogP contribution in [-0.2, 0) is 9.53 Å². The number of rotatable bonds is 5. The van der Waals surface area contributed by atoms with Gasteiger partial charge in [-0.15, -0.1) is 0 Å². The maximum absolute atomic E-state index is 12.0. The summed E-state index contributed by atoms with van der Waals surface area (Å²) in [7, 11) is 0. The van der Waals surface area contributed by atoms with Crippen LogP contribution in [0.3, 0.4) is 0 Å². The number of hydrogen-bond acceptors (Lipinski definition) is 4. The van der Waals surface area contributed by atoms with Gasteiger partial charge in [-0.3, -0.25) is 4.79 Å². The highest BCUT2D eigenvalue weighted by molar-refractivity contribution is 5.88. The van der Waals surface area contributed by atoms with Crippen LogP contribution < -0.4 is 5.32 Å². The van der Waals surface area contributed by atoms with Crippen LogP contribution in [0.25, 0.3) is 0 Å². The van der Waals surface area contributed by atoms with E-state index in [-0.39, 0.29) is 11.5 Å². The number of aryl methyl sites for hydroxylation is 1. The van der Waals surface area contributed by atoms with Gasteiger partial charge in [-0.05, 0) is 30.7 Å². The monoisotopic (exact) mass is 292 g/mol. The first-order valence-electron chi connectivity index (χ1n) is 7.01. The average molecular weight is 292 g/mol. The van der Waals surface area contributed by atoms with Crippen LogP contribution in [0.2, 0.25) is 0 Å². The molecule has 2 rings (SSSR count). The SMILES string of the molecule is Cc1cc(C(=O)O)ccc1NCCC(=O)N1CCOCC1. The van der Waals surface area contributed by atoms with E-state index in [2.05, 4.69) is 5.32 Å². The Kier molecular flexibility index (Phi) is 5.16. The van der Waals surface area contributed by atoms with Crippen LogP contribution in [0.5, 0.6) is 0 Å². The first-order chi connectivity index (χ1) is 10.1. The molecular formula is C15H20N2O4. The number of morpholine rings is 1. The zero-order valence-electron chi connectivity index (χ0n) is 12.1. The zero-order valence-corrected chi connectivity index (χ0v) is 12.1. The fourth-order valence-electron chi connectivity index (χ4n) is 2.27. The van der Waals surface area contributed by atoms with Gasteiger partial charge in [0, 0.05) is 31.7 Å². The lowest BCUT2D eigenvalue weighted by Gasteiger charge is -2.27. The normalized spacial score (nSPS) is 14.8.